The smallest absolute Gasteiger partial charge is 0.410 e. The SMILES string of the molecule is COC(O)c1cc(CCc2cnc(Nc3cnn(C4CCN(C(=O)OC(C)(C)C)CC4)c3)nc2)c(Cl)c(C2CC2C)c1. The predicted molar refractivity (Wildman–Crippen MR) is 161 cm³/mol. The number of methoxy groups -OCH3 is 1. The molecule has 3 unspecified atom stereocenters. The number of carbonyl (C=O) groups is 1. The highest BCUT2D eigenvalue weighted by Crippen LogP contribution is 2.50. The molecule has 3 heterocycles. The maximum atomic E-state index is 12.4. The van der Waals surface area contributed by atoms with Gasteiger partial charge in [0.25, 0.3) is 0 Å². The summed E-state index contributed by atoms with van der Waals surface area (Å²) in [6, 6.07) is 4.12. The van der Waals surface area contributed by atoms with E-state index in [0.29, 0.717) is 43.7 Å². The molecule has 1 saturated carbocycles. The number of hydrogen-bond donors (Lipinski definition) is 2. The second-order valence-electron chi connectivity index (χ2n) is 12.4. The van der Waals surface area contributed by atoms with E-state index in [1.54, 1.807) is 11.1 Å². The molecule has 2 fully saturated rings. The van der Waals surface area contributed by atoms with Gasteiger partial charge in [-0.3, -0.25) is 4.68 Å². The first-order valence-corrected chi connectivity index (χ1v) is 15.0. The van der Waals surface area contributed by atoms with Crippen molar-refractivity contribution in [1.82, 2.24) is 24.6 Å². The van der Waals surface area contributed by atoms with Crippen LogP contribution in [0.3, 0.4) is 0 Å². The highest BCUT2D eigenvalue weighted by atomic mass is 35.5. The van der Waals surface area contributed by atoms with Gasteiger partial charge in [-0.05, 0) is 93.5 Å². The van der Waals surface area contributed by atoms with Crippen LogP contribution in [0.1, 0.15) is 87.5 Å². The number of carbonyl (C=O) groups excluding carboxylic acids is 1. The van der Waals surface area contributed by atoms with E-state index in [0.717, 1.165) is 52.2 Å². The highest BCUT2D eigenvalue weighted by Gasteiger charge is 2.36. The lowest BCUT2D eigenvalue weighted by Crippen LogP contribution is -2.42. The minimum atomic E-state index is -0.975. The largest absolute Gasteiger partial charge is 0.444 e. The first-order valence-electron chi connectivity index (χ1n) is 14.6. The minimum Gasteiger partial charge on any atom is -0.444 e. The minimum absolute atomic E-state index is 0.210. The summed E-state index contributed by atoms with van der Waals surface area (Å²) < 4.78 is 12.6. The Kier molecular flexibility index (Phi) is 9.05. The van der Waals surface area contributed by atoms with Crippen LogP contribution in [0.25, 0.3) is 0 Å². The van der Waals surface area contributed by atoms with Gasteiger partial charge >= 0.3 is 6.09 Å². The van der Waals surface area contributed by atoms with Crippen molar-refractivity contribution in [2.45, 2.75) is 83.6 Å². The Morgan fingerprint density at radius 2 is 1.86 bits per heavy atom. The van der Waals surface area contributed by atoms with Gasteiger partial charge in [0.05, 0.1) is 17.9 Å². The number of ether oxygens (including phenoxy) is 2. The Morgan fingerprint density at radius 3 is 2.48 bits per heavy atom. The summed E-state index contributed by atoms with van der Waals surface area (Å²) in [6.07, 6.45) is 10.3. The van der Waals surface area contributed by atoms with Crippen LogP contribution in [0.5, 0.6) is 0 Å². The number of rotatable bonds is 9. The number of likely N-dealkylation sites (tertiary alicyclic amines) is 1. The van der Waals surface area contributed by atoms with Crippen LogP contribution in [0.15, 0.2) is 36.9 Å². The quantitative estimate of drug-likeness (QED) is 0.281. The van der Waals surface area contributed by atoms with Crippen LogP contribution in [0.4, 0.5) is 16.4 Å². The number of halogens is 1. The van der Waals surface area contributed by atoms with E-state index in [9.17, 15) is 9.90 Å². The number of benzene rings is 1. The van der Waals surface area contributed by atoms with Crippen molar-refractivity contribution in [2.24, 2.45) is 5.92 Å². The predicted octanol–water partition coefficient (Wildman–Crippen LogP) is 6.19. The molecule has 1 aromatic carbocycles. The monoisotopic (exact) mass is 596 g/mol. The summed E-state index contributed by atoms with van der Waals surface area (Å²) in [7, 11) is 1.49. The van der Waals surface area contributed by atoms with Crippen LogP contribution in [-0.4, -0.2) is 61.6 Å². The van der Waals surface area contributed by atoms with Gasteiger partial charge < -0.3 is 24.8 Å². The Labute approximate surface area is 252 Å². The van der Waals surface area contributed by atoms with Crippen LogP contribution in [0, 0.1) is 5.92 Å². The molecule has 226 valence electrons. The molecular weight excluding hydrogens is 556 g/mol. The van der Waals surface area contributed by atoms with Gasteiger partial charge in [-0.25, -0.2) is 14.8 Å². The lowest BCUT2D eigenvalue weighted by Gasteiger charge is -2.33. The number of nitrogens with one attached hydrogen (secondary N) is 1. The third kappa shape index (κ3) is 7.40. The molecule has 2 aliphatic rings. The molecule has 5 rings (SSSR count). The van der Waals surface area contributed by atoms with Gasteiger partial charge in [0.1, 0.15) is 5.60 Å². The molecule has 1 aliphatic carbocycles. The number of nitrogens with zero attached hydrogens (tertiary/aromatic N) is 5. The zero-order chi connectivity index (χ0) is 30.0. The number of amides is 1. The molecule has 2 N–H and O–H groups in total. The fourth-order valence-electron chi connectivity index (χ4n) is 5.42. The zero-order valence-electron chi connectivity index (χ0n) is 25.0. The summed E-state index contributed by atoms with van der Waals surface area (Å²) in [5.74, 6) is 1.53. The Hall–Kier alpha value is -3.21. The van der Waals surface area contributed by atoms with E-state index in [1.807, 2.05) is 56.2 Å². The number of hydrogen-bond acceptors (Lipinski definition) is 8. The first kappa shape index (κ1) is 30.3. The van der Waals surface area contributed by atoms with Gasteiger partial charge in [-0.1, -0.05) is 18.5 Å². The molecule has 3 aromatic rings. The normalized spacial score (nSPS) is 19.9. The van der Waals surface area contributed by atoms with Crippen LogP contribution >= 0.6 is 11.6 Å². The van der Waals surface area contributed by atoms with E-state index in [4.69, 9.17) is 21.1 Å². The third-order valence-corrected chi connectivity index (χ3v) is 8.41. The molecule has 42 heavy (non-hydrogen) atoms. The fourth-order valence-corrected chi connectivity index (χ4v) is 5.76. The number of anilines is 2. The third-order valence-electron chi connectivity index (χ3n) is 7.95. The maximum absolute atomic E-state index is 12.4. The lowest BCUT2D eigenvalue weighted by atomic mass is 9.97. The van der Waals surface area contributed by atoms with E-state index in [-0.39, 0.29) is 12.1 Å². The molecule has 10 nitrogen and oxygen atoms in total. The van der Waals surface area contributed by atoms with Crippen molar-refractivity contribution in [1.29, 1.82) is 0 Å². The van der Waals surface area contributed by atoms with Crippen LogP contribution < -0.4 is 5.32 Å². The summed E-state index contributed by atoms with van der Waals surface area (Å²) in [4.78, 5) is 23.1. The van der Waals surface area contributed by atoms with Crippen molar-refractivity contribution in [3.63, 3.8) is 0 Å². The topological polar surface area (TPSA) is 115 Å². The fraction of sp³-hybridized carbons (Fsp3) is 0.548. The number of aromatic nitrogens is 4. The first-order chi connectivity index (χ1) is 20.0. The van der Waals surface area contributed by atoms with Gasteiger partial charge in [-0.15, -0.1) is 0 Å². The molecule has 3 atom stereocenters. The van der Waals surface area contributed by atoms with Crippen molar-refractivity contribution in [2.75, 3.05) is 25.5 Å². The highest BCUT2D eigenvalue weighted by molar-refractivity contribution is 6.32. The van der Waals surface area contributed by atoms with Crippen molar-refractivity contribution >= 4 is 29.3 Å². The molecule has 1 aliphatic heterocycles. The van der Waals surface area contributed by atoms with E-state index in [1.165, 1.54) is 7.11 Å². The molecule has 1 saturated heterocycles. The van der Waals surface area contributed by atoms with Crippen molar-refractivity contribution in [3.8, 4) is 0 Å². The number of aliphatic hydroxyl groups is 1. The van der Waals surface area contributed by atoms with E-state index >= 15 is 0 Å². The summed E-state index contributed by atoms with van der Waals surface area (Å²) in [5.41, 5.74) is 4.12. The Balaban J connectivity index is 1.15. The van der Waals surface area contributed by atoms with Crippen molar-refractivity contribution < 1.29 is 19.4 Å². The lowest BCUT2D eigenvalue weighted by molar-refractivity contribution is -0.0770. The van der Waals surface area contributed by atoms with Gasteiger partial charge in [0.2, 0.25) is 5.95 Å². The average Bonchev–Trinajstić information content (AvgIpc) is 3.50. The number of piperidine rings is 1. The standard InChI is InChI=1S/C31H41ClN6O4/c1-19-12-25(19)26-14-22(28(39)41-5)13-21(27(26)32)7-6-20-15-33-29(34-16-20)36-23-17-35-38(18-23)24-8-10-37(11-9-24)30(40)42-31(2,3)4/h13-19,24-25,28,39H,6-12H2,1-5H3,(H,33,34,36). The zero-order valence-corrected chi connectivity index (χ0v) is 25.8. The maximum Gasteiger partial charge on any atom is 0.410 e. The second-order valence-corrected chi connectivity index (χ2v) is 12.8. The molecule has 0 radical (unpaired) electrons. The van der Waals surface area contributed by atoms with Gasteiger partial charge in [0, 0.05) is 49.4 Å². The molecule has 1 amide bonds. The Morgan fingerprint density at radius 1 is 1.17 bits per heavy atom. The molecule has 2 aromatic heterocycles. The van der Waals surface area contributed by atoms with Gasteiger partial charge in [-0.2, -0.15) is 5.10 Å². The van der Waals surface area contributed by atoms with E-state index in [2.05, 4.69) is 27.3 Å². The molecule has 0 bridgehead atoms. The van der Waals surface area contributed by atoms with Crippen molar-refractivity contribution in [3.05, 3.63) is 64.2 Å². The van der Waals surface area contributed by atoms with Crippen LogP contribution in [0.2, 0.25) is 5.02 Å². The summed E-state index contributed by atoms with van der Waals surface area (Å²) in [5, 5.41) is 18.8. The van der Waals surface area contributed by atoms with E-state index < -0.39 is 11.9 Å². The summed E-state index contributed by atoms with van der Waals surface area (Å²) >= 11 is 6.82. The second kappa shape index (κ2) is 12.6. The molecule has 11 heteroatoms. The van der Waals surface area contributed by atoms with Gasteiger partial charge in [0.15, 0.2) is 6.29 Å². The van der Waals surface area contributed by atoms with Crippen LogP contribution in [-0.2, 0) is 22.3 Å². The Bertz CT molecular complexity index is 1380. The molecule has 0 spiro atoms. The average molecular weight is 597 g/mol. The summed E-state index contributed by atoms with van der Waals surface area (Å²) in [6.45, 7) is 9.12. The molecular formula is C31H41ClN6O4. The number of aliphatic hydroxyl groups excluding tert-OH is 1. The number of aryl methyl sites for hydroxylation is 2.